The number of hydrogen-bond acceptors (Lipinski definition) is 7. The van der Waals surface area contributed by atoms with Gasteiger partial charge in [0.25, 0.3) is 0 Å². The van der Waals surface area contributed by atoms with Crippen molar-refractivity contribution in [3.05, 3.63) is 107 Å². The van der Waals surface area contributed by atoms with E-state index in [1.807, 2.05) is 60.7 Å². The molecule has 9 heteroatoms. The molecule has 1 heterocycles. The number of nitrogens with one attached hydrogen (secondary N) is 1. The second kappa shape index (κ2) is 15.4. The Hall–Kier alpha value is -4.60. The summed E-state index contributed by atoms with van der Waals surface area (Å²) in [5.74, 6) is 1.41. The minimum Gasteiger partial charge on any atom is -0.496 e. The lowest BCUT2D eigenvalue weighted by molar-refractivity contribution is 0.0600. The lowest BCUT2D eigenvalue weighted by atomic mass is 9.85. The Bertz CT molecular complexity index is 1590. The molecule has 45 heavy (non-hydrogen) atoms. The van der Waals surface area contributed by atoms with Gasteiger partial charge < -0.3 is 34.3 Å². The zero-order valence-electron chi connectivity index (χ0n) is 25.7. The summed E-state index contributed by atoms with van der Waals surface area (Å²) >= 11 is 0. The number of carboxylic acid groups (broad SMARTS) is 1. The first-order chi connectivity index (χ1) is 21.9. The Morgan fingerprint density at radius 3 is 2.49 bits per heavy atom. The molecule has 9 nitrogen and oxygen atoms in total. The summed E-state index contributed by atoms with van der Waals surface area (Å²) in [5, 5.41) is 15.3. The van der Waals surface area contributed by atoms with E-state index in [0.717, 1.165) is 51.8 Å². The molecule has 1 aliphatic rings. The first-order valence-corrected chi connectivity index (χ1v) is 15.2. The molecule has 0 aliphatic carbocycles. The number of nitrogens with zero attached hydrogens (tertiary/aromatic N) is 1. The average molecular weight is 613 g/mol. The van der Waals surface area contributed by atoms with Gasteiger partial charge in [-0.2, -0.15) is 0 Å². The number of rotatable bonds is 13. The Kier molecular flexibility index (Phi) is 10.9. The van der Waals surface area contributed by atoms with E-state index < -0.39 is 6.09 Å². The highest BCUT2D eigenvalue weighted by Crippen LogP contribution is 2.30. The third-order valence-corrected chi connectivity index (χ3v) is 8.24. The molecular weight excluding hydrogens is 572 g/mol. The number of carbonyl (C=O) groups excluding carboxylic acids is 1. The maximum atomic E-state index is 11.9. The number of fused-ring (bicyclic) bond motifs is 1. The summed E-state index contributed by atoms with van der Waals surface area (Å²) in [7, 11) is 3.03. The maximum absolute atomic E-state index is 11.9. The third kappa shape index (κ3) is 8.32. The summed E-state index contributed by atoms with van der Waals surface area (Å²) in [5.41, 5.74) is 3.76. The number of benzene rings is 4. The largest absolute Gasteiger partial charge is 0.496 e. The van der Waals surface area contributed by atoms with Crippen LogP contribution < -0.4 is 14.8 Å². The van der Waals surface area contributed by atoms with Gasteiger partial charge in [0.05, 0.1) is 39.6 Å². The van der Waals surface area contributed by atoms with Gasteiger partial charge in [0.2, 0.25) is 0 Å². The highest BCUT2D eigenvalue weighted by molar-refractivity contribution is 5.95. The number of esters is 1. The smallest absolute Gasteiger partial charge is 0.407 e. The van der Waals surface area contributed by atoms with Gasteiger partial charge in [-0.1, -0.05) is 48.5 Å². The van der Waals surface area contributed by atoms with Crippen molar-refractivity contribution in [2.24, 2.45) is 0 Å². The second-order valence-electron chi connectivity index (χ2n) is 11.1. The molecule has 5 rings (SSSR count). The number of hydrogen-bond donors (Lipinski definition) is 2. The third-order valence-electron chi connectivity index (χ3n) is 8.24. The van der Waals surface area contributed by atoms with E-state index in [-0.39, 0.29) is 17.9 Å². The number of methoxy groups -OCH3 is 2. The summed E-state index contributed by atoms with van der Waals surface area (Å²) < 4.78 is 22.0. The van der Waals surface area contributed by atoms with Gasteiger partial charge in [-0.25, -0.2) is 9.59 Å². The Morgan fingerprint density at radius 2 is 1.71 bits per heavy atom. The van der Waals surface area contributed by atoms with E-state index in [1.54, 1.807) is 13.2 Å². The van der Waals surface area contributed by atoms with Crippen LogP contribution in [0.1, 0.15) is 45.8 Å². The molecule has 0 aromatic heterocycles. The van der Waals surface area contributed by atoms with Crippen LogP contribution in [-0.2, 0) is 22.6 Å². The fourth-order valence-electron chi connectivity index (χ4n) is 5.80. The van der Waals surface area contributed by atoms with Crippen LogP contribution in [0.15, 0.2) is 84.9 Å². The summed E-state index contributed by atoms with van der Waals surface area (Å²) in [4.78, 5) is 25.2. The molecule has 0 radical (unpaired) electrons. The lowest BCUT2D eigenvalue weighted by Crippen LogP contribution is -2.51. The van der Waals surface area contributed by atoms with Crippen LogP contribution in [0.3, 0.4) is 0 Å². The molecule has 0 saturated carbocycles. The fraction of sp³-hybridized carbons (Fsp3) is 0.333. The molecule has 2 N–H and O–H groups in total. The molecule has 0 spiro atoms. The van der Waals surface area contributed by atoms with Crippen molar-refractivity contribution < 1.29 is 33.6 Å². The molecule has 1 amide bonds. The number of likely N-dealkylation sites (tertiary alicyclic amines) is 1. The molecule has 2 unspecified atom stereocenters. The predicted molar refractivity (Wildman–Crippen MR) is 172 cm³/mol. The van der Waals surface area contributed by atoms with Gasteiger partial charge in [0.15, 0.2) is 0 Å². The van der Waals surface area contributed by atoms with Gasteiger partial charge in [-0.05, 0) is 64.7 Å². The van der Waals surface area contributed by atoms with Crippen molar-refractivity contribution in [2.75, 3.05) is 40.5 Å². The van der Waals surface area contributed by atoms with Gasteiger partial charge in [0.1, 0.15) is 11.5 Å². The first-order valence-electron chi connectivity index (χ1n) is 15.2. The quantitative estimate of drug-likeness (QED) is 0.135. The normalized spacial score (nSPS) is 16.4. The molecule has 236 valence electrons. The van der Waals surface area contributed by atoms with Crippen LogP contribution in [0.2, 0.25) is 0 Å². The average Bonchev–Trinajstić information content (AvgIpc) is 3.08. The SMILES string of the molecule is COC(=O)c1ccc2cc(CNC3CN(C(=O)O)CCC3c3ccc(OCCCOCc4ccccc4OC)cc3)ccc2c1. The van der Waals surface area contributed by atoms with Crippen molar-refractivity contribution in [1.29, 1.82) is 0 Å². The fourth-order valence-corrected chi connectivity index (χ4v) is 5.80. The summed E-state index contributed by atoms with van der Waals surface area (Å²) in [6.45, 7) is 3.10. The van der Waals surface area contributed by atoms with Crippen molar-refractivity contribution in [2.45, 2.75) is 38.0 Å². The van der Waals surface area contributed by atoms with Crippen LogP contribution in [0.25, 0.3) is 10.8 Å². The lowest BCUT2D eigenvalue weighted by Gasteiger charge is -2.38. The molecule has 2 atom stereocenters. The van der Waals surface area contributed by atoms with Crippen LogP contribution in [-0.4, -0.2) is 68.6 Å². The molecule has 1 saturated heterocycles. The topological polar surface area (TPSA) is 107 Å². The molecule has 1 fully saturated rings. The summed E-state index contributed by atoms with van der Waals surface area (Å²) in [6.07, 6.45) is 0.586. The van der Waals surface area contributed by atoms with Gasteiger partial charge >= 0.3 is 12.1 Å². The van der Waals surface area contributed by atoms with Crippen molar-refractivity contribution in [3.8, 4) is 11.5 Å². The van der Waals surface area contributed by atoms with Gasteiger partial charge in [-0.3, -0.25) is 0 Å². The predicted octanol–water partition coefficient (Wildman–Crippen LogP) is 6.25. The second-order valence-corrected chi connectivity index (χ2v) is 11.1. The van der Waals surface area contributed by atoms with Crippen molar-refractivity contribution >= 4 is 22.8 Å². The number of carbonyl (C=O) groups is 2. The molecule has 0 bridgehead atoms. The molecule has 4 aromatic rings. The Labute approximate surface area is 263 Å². The van der Waals surface area contributed by atoms with E-state index in [2.05, 4.69) is 23.5 Å². The zero-order valence-corrected chi connectivity index (χ0v) is 25.7. The number of ether oxygens (including phenoxy) is 4. The molecular formula is C36H40N2O7. The minimum absolute atomic E-state index is 0.0561. The summed E-state index contributed by atoms with van der Waals surface area (Å²) in [6, 6.07) is 27.5. The highest BCUT2D eigenvalue weighted by Gasteiger charge is 2.32. The van der Waals surface area contributed by atoms with Crippen LogP contribution in [0, 0.1) is 0 Å². The molecule has 1 aliphatic heterocycles. The number of para-hydroxylation sites is 1. The van der Waals surface area contributed by atoms with E-state index in [9.17, 15) is 14.7 Å². The van der Waals surface area contributed by atoms with Crippen molar-refractivity contribution in [3.63, 3.8) is 0 Å². The Balaban J connectivity index is 1.15. The maximum Gasteiger partial charge on any atom is 0.407 e. The first kappa shape index (κ1) is 31.8. The van der Waals surface area contributed by atoms with E-state index in [1.165, 1.54) is 12.0 Å². The van der Waals surface area contributed by atoms with Gasteiger partial charge in [-0.15, -0.1) is 0 Å². The van der Waals surface area contributed by atoms with E-state index in [0.29, 0.717) is 45.0 Å². The van der Waals surface area contributed by atoms with Crippen LogP contribution in [0.4, 0.5) is 4.79 Å². The highest BCUT2D eigenvalue weighted by atomic mass is 16.5. The van der Waals surface area contributed by atoms with Gasteiger partial charge in [0, 0.05) is 43.6 Å². The standard InChI is InChI=1S/C36H40N2O7/c1-42-34-7-4-3-6-30(34)24-44-18-5-19-45-31-14-12-26(13-15-31)32-16-17-38(36(40)41)23-33(32)37-22-25-8-9-28-21-29(35(39)43-2)11-10-27(28)20-25/h3-4,6-15,20-21,32-33,37H,5,16-19,22-24H2,1-2H3,(H,40,41). The number of piperidine rings is 1. The van der Waals surface area contributed by atoms with Crippen LogP contribution in [0.5, 0.6) is 11.5 Å². The monoisotopic (exact) mass is 612 g/mol. The minimum atomic E-state index is -0.900. The number of amides is 1. The Morgan fingerprint density at radius 1 is 0.933 bits per heavy atom. The zero-order chi connectivity index (χ0) is 31.6. The van der Waals surface area contributed by atoms with Crippen LogP contribution >= 0.6 is 0 Å². The van der Waals surface area contributed by atoms with E-state index >= 15 is 0 Å². The molecule has 4 aromatic carbocycles. The van der Waals surface area contributed by atoms with Crippen molar-refractivity contribution in [1.82, 2.24) is 10.2 Å². The van der Waals surface area contributed by atoms with E-state index in [4.69, 9.17) is 18.9 Å².